The number of imidazole rings is 1. The van der Waals surface area contributed by atoms with E-state index in [4.69, 9.17) is 0 Å². The molecule has 0 bridgehead atoms. The third-order valence-corrected chi connectivity index (χ3v) is 6.13. The van der Waals surface area contributed by atoms with Crippen LogP contribution in [-0.4, -0.2) is 47.1 Å². The van der Waals surface area contributed by atoms with Crippen molar-refractivity contribution in [2.75, 3.05) is 19.8 Å². The Balaban J connectivity index is 2.01. The highest BCUT2D eigenvalue weighted by Gasteiger charge is 2.16. The molecule has 128 valence electrons. The van der Waals surface area contributed by atoms with Gasteiger partial charge in [0.05, 0.1) is 23.0 Å². The van der Waals surface area contributed by atoms with E-state index in [1.165, 1.54) is 4.31 Å². The molecule has 0 aliphatic carbocycles. The summed E-state index contributed by atoms with van der Waals surface area (Å²) in [6.45, 7) is 2.69. The van der Waals surface area contributed by atoms with Gasteiger partial charge in [0.25, 0.3) is 0 Å². The standard InChI is InChI=1S/C17H22N4O2S/c1-4-16-19-15-12-18-14-9-6-5-8-13(14)17(15)21(16)10-7-11-24(22,23)20(2)3/h5-6,8-9,12H,4,7,10-11H2,1-3H3. The lowest BCUT2D eigenvalue weighted by molar-refractivity contribution is 0.514. The maximum absolute atomic E-state index is 12.0. The largest absolute Gasteiger partial charge is 0.327 e. The second-order valence-electron chi connectivity index (χ2n) is 5.99. The Labute approximate surface area is 142 Å². The number of aromatic nitrogens is 3. The van der Waals surface area contributed by atoms with Crippen LogP contribution >= 0.6 is 0 Å². The third kappa shape index (κ3) is 3.01. The predicted octanol–water partition coefficient (Wildman–Crippen LogP) is 2.43. The van der Waals surface area contributed by atoms with E-state index >= 15 is 0 Å². The summed E-state index contributed by atoms with van der Waals surface area (Å²) in [7, 11) is -0.0434. The van der Waals surface area contributed by atoms with Crippen molar-refractivity contribution in [3.05, 3.63) is 36.3 Å². The molecule has 0 aliphatic rings. The Morgan fingerprint density at radius 1 is 1.17 bits per heavy atom. The number of aryl methyl sites for hydroxylation is 2. The molecular weight excluding hydrogens is 324 g/mol. The zero-order valence-electron chi connectivity index (χ0n) is 14.2. The molecule has 0 N–H and O–H groups in total. The van der Waals surface area contributed by atoms with Gasteiger partial charge < -0.3 is 4.57 Å². The van der Waals surface area contributed by atoms with Gasteiger partial charge in [-0.15, -0.1) is 0 Å². The maximum atomic E-state index is 12.0. The van der Waals surface area contributed by atoms with Crippen LogP contribution in [0.4, 0.5) is 0 Å². The van der Waals surface area contributed by atoms with Gasteiger partial charge in [-0.3, -0.25) is 4.98 Å². The number of nitrogens with zero attached hydrogens (tertiary/aromatic N) is 4. The minimum atomic E-state index is -3.18. The zero-order chi connectivity index (χ0) is 17.3. The fraction of sp³-hybridized carbons (Fsp3) is 0.412. The van der Waals surface area contributed by atoms with Crippen molar-refractivity contribution in [3.63, 3.8) is 0 Å². The second kappa shape index (κ2) is 6.49. The van der Waals surface area contributed by atoms with E-state index in [2.05, 4.69) is 21.5 Å². The third-order valence-electron chi connectivity index (χ3n) is 4.22. The number of hydrogen-bond acceptors (Lipinski definition) is 4. The Bertz CT molecular complexity index is 977. The number of sulfonamides is 1. The maximum Gasteiger partial charge on any atom is 0.213 e. The zero-order valence-corrected chi connectivity index (χ0v) is 15.0. The van der Waals surface area contributed by atoms with E-state index < -0.39 is 10.0 Å². The summed E-state index contributed by atoms with van der Waals surface area (Å²) in [6.07, 6.45) is 3.14. The molecular formula is C17H22N4O2S. The van der Waals surface area contributed by atoms with Crippen LogP contribution in [0, 0.1) is 0 Å². The van der Waals surface area contributed by atoms with Crippen molar-refractivity contribution < 1.29 is 8.42 Å². The average Bonchev–Trinajstić information content (AvgIpc) is 2.93. The predicted molar refractivity (Wildman–Crippen MR) is 96.5 cm³/mol. The van der Waals surface area contributed by atoms with Crippen LogP contribution in [0.25, 0.3) is 21.9 Å². The molecule has 0 unspecified atom stereocenters. The first-order chi connectivity index (χ1) is 11.4. The summed E-state index contributed by atoms with van der Waals surface area (Å²) < 4.78 is 27.4. The van der Waals surface area contributed by atoms with Crippen molar-refractivity contribution in [1.82, 2.24) is 18.8 Å². The number of fused-ring (bicyclic) bond motifs is 3. The summed E-state index contributed by atoms with van der Waals surface area (Å²) in [5.41, 5.74) is 2.83. The number of benzene rings is 1. The minimum Gasteiger partial charge on any atom is -0.327 e. The Hall–Kier alpha value is -1.99. The minimum absolute atomic E-state index is 0.131. The Morgan fingerprint density at radius 3 is 2.62 bits per heavy atom. The SMILES string of the molecule is CCc1nc2cnc3ccccc3c2n1CCCS(=O)(=O)N(C)C. The highest BCUT2D eigenvalue weighted by atomic mass is 32.2. The topological polar surface area (TPSA) is 68.1 Å². The lowest BCUT2D eigenvalue weighted by Gasteiger charge is -2.13. The molecule has 0 aliphatic heterocycles. The highest BCUT2D eigenvalue weighted by Crippen LogP contribution is 2.25. The first-order valence-electron chi connectivity index (χ1n) is 8.07. The fourth-order valence-corrected chi connectivity index (χ4v) is 3.77. The van der Waals surface area contributed by atoms with E-state index in [1.54, 1.807) is 20.3 Å². The normalized spacial score (nSPS) is 12.5. The van der Waals surface area contributed by atoms with Crippen LogP contribution in [0.15, 0.2) is 30.5 Å². The molecule has 0 saturated heterocycles. The van der Waals surface area contributed by atoms with Crippen LogP contribution < -0.4 is 0 Å². The number of rotatable bonds is 6. The molecule has 0 fully saturated rings. The van der Waals surface area contributed by atoms with Crippen LogP contribution in [0.5, 0.6) is 0 Å². The van der Waals surface area contributed by atoms with Gasteiger partial charge in [-0.05, 0) is 12.5 Å². The molecule has 3 rings (SSSR count). The molecule has 0 amide bonds. The van der Waals surface area contributed by atoms with Crippen LogP contribution in [0.3, 0.4) is 0 Å². The van der Waals surface area contributed by atoms with Gasteiger partial charge in [0, 0.05) is 32.4 Å². The first-order valence-corrected chi connectivity index (χ1v) is 9.68. The van der Waals surface area contributed by atoms with Crippen molar-refractivity contribution in [2.45, 2.75) is 26.3 Å². The molecule has 6 nitrogen and oxygen atoms in total. The van der Waals surface area contributed by atoms with E-state index in [0.29, 0.717) is 13.0 Å². The van der Waals surface area contributed by atoms with Crippen molar-refractivity contribution in [3.8, 4) is 0 Å². The number of hydrogen-bond donors (Lipinski definition) is 0. The first kappa shape index (κ1) is 16.9. The van der Waals surface area contributed by atoms with Gasteiger partial charge >= 0.3 is 0 Å². The summed E-state index contributed by atoms with van der Waals surface area (Å²) in [5, 5.41) is 1.05. The van der Waals surface area contributed by atoms with Crippen LogP contribution in [0.2, 0.25) is 0 Å². The van der Waals surface area contributed by atoms with E-state index in [-0.39, 0.29) is 5.75 Å². The van der Waals surface area contributed by atoms with Crippen LogP contribution in [0.1, 0.15) is 19.2 Å². The molecule has 7 heteroatoms. The Morgan fingerprint density at radius 2 is 1.92 bits per heavy atom. The molecule has 1 aromatic carbocycles. The van der Waals surface area contributed by atoms with Gasteiger partial charge in [0.15, 0.2) is 0 Å². The lowest BCUT2D eigenvalue weighted by atomic mass is 10.2. The average molecular weight is 346 g/mol. The summed E-state index contributed by atoms with van der Waals surface area (Å²) in [4.78, 5) is 9.13. The van der Waals surface area contributed by atoms with Gasteiger partial charge in [-0.25, -0.2) is 17.7 Å². The van der Waals surface area contributed by atoms with Crippen molar-refractivity contribution >= 4 is 32.0 Å². The van der Waals surface area contributed by atoms with E-state index in [1.807, 2.05) is 24.3 Å². The van der Waals surface area contributed by atoms with Gasteiger partial charge in [-0.2, -0.15) is 0 Å². The molecule has 0 radical (unpaired) electrons. The summed E-state index contributed by atoms with van der Waals surface area (Å²) >= 11 is 0. The lowest BCUT2D eigenvalue weighted by Crippen LogP contribution is -2.25. The van der Waals surface area contributed by atoms with Crippen molar-refractivity contribution in [2.24, 2.45) is 0 Å². The van der Waals surface area contributed by atoms with Gasteiger partial charge in [0.1, 0.15) is 11.3 Å². The smallest absolute Gasteiger partial charge is 0.213 e. The number of pyridine rings is 1. The van der Waals surface area contributed by atoms with Gasteiger partial charge in [-0.1, -0.05) is 25.1 Å². The quantitative estimate of drug-likeness (QED) is 0.687. The Kier molecular flexibility index (Phi) is 4.56. The number of para-hydroxylation sites is 1. The second-order valence-corrected chi connectivity index (χ2v) is 8.30. The van der Waals surface area contributed by atoms with E-state index in [0.717, 1.165) is 34.2 Å². The summed E-state index contributed by atoms with van der Waals surface area (Å²) in [5.74, 6) is 1.09. The van der Waals surface area contributed by atoms with Gasteiger partial charge in [0.2, 0.25) is 10.0 Å². The van der Waals surface area contributed by atoms with Crippen LogP contribution in [-0.2, 0) is 23.0 Å². The molecule has 0 spiro atoms. The molecule has 24 heavy (non-hydrogen) atoms. The highest BCUT2D eigenvalue weighted by molar-refractivity contribution is 7.89. The van der Waals surface area contributed by atoms with Crippen molar-refractivity contribution in [1.29, 1.82) is 0 Å². The summed E-state index contributed by atoms with van der Waals surface area (Å²) in [6, 6.07) is 7.97. The monoisotopic (exact) mass is 346 g/mol. The molecule has 0 atom stereocenters. The fourth-order valence-electron chi connectivity index (χ4n) is 2.91. The molecule has 0 saturated carbocycles. The van der Waals surface area contributed by atoms with E-state index in [9.17, 15) is 8.42 Å². The molecule has 2 aromatic heterocycles. The molecule has 2 heterocycles. The molecule has 3 aromatic rings.